The SMILES string of the molecule is CC(=O)N[C@H]1[C@H](O[C@@H]2[C@H](O[C@]3(C(=O)O)C[C@H](O)[C@@H](NC(=O)CO)[C@H]([C@H](O)[C@H](O)CO)O3)[C@@H](O)[C@H](O[C@H]3[C@H](O)[C@@H](O)[C@H](O)O[C@@H]3CO)O[C@@H]2CO)O[C@H](CO)[C@H](O)[C@@H]1O[C@@H]1O[C@H](CO)[C@H](O)[C@H](O[C@H]2O[C@H](CO)[C@H](O)[C@H](O)[C@H]2O)[C@H]1O. The van der Waals surface area contributed by atoms with Crippen molar-refractivity contribution in [3.05, 3.63) is 0 Å². The maximum Gasteiger partial charge on any atom is 0.364 e. The molecule has 0 unspecified atom stereocenters. The molecular weight excluding hydrogens is 1100 g/mol. The summed E-state index contributed by atoms with van der Waals surface area (Å²) in [6.45, 7) is -7.14. The van der Waals surface area contributed by atoms with Crippen LogP contribution in [0.4, 0.5) is 0 Å². The molecule has 0 bridgehead atoms. The summed E-state index contributed by atoms with van der Waals surface area (Å²) in [6, 6.07) is -3.94. The van der Waals surface area contributed by atoms with E-state index in [0.717, 1.165) is 6.92 Å². The molecule has 6 fully saturated rings. The number of carboxylic acid groups (broad SMARTS) is 1. The van der Waals surface area contributed by atoms with Gasteiger partial charge in [-0.25, -0.2) is 4.79 Å². The van der Waals surface area contributed by atoms with Crippen LogP contribution in [0.25, 0.3) is 0 Å². The summed E-state index contributed by atoms with van der Waals surface area (Å²) in [5.41, 5.74) is 0. The number of carbonyl (C=O) groups is 3. The summed E-state index contributed by atoms with van der Waals surface area (Å²) >= 11 is 0. The van der Waals surface area contributed by atoms with Gasteiger partial charge in [-0.1, -0.05) is 0 Å². The summed E-state index contributed by atoms with van der Waals surface area (Å²) in [7, 11) is 0. The van der Waals surface area contributed by atoms with Crippen LogP contribution in [0.1, 0.15) is 13.3 Å². The molecule has 0 spiro atoms. The Morgan fingerprint density at radius 1 is 0.512 bits per heavy atom. The standard InChI is InChI=1S/C43H72N2O35/c1-10(53)44-20-33(77-40-29(65)35(24(60)15(6-49)73-40)78-39-28(64)25(61)22(58)13(4-47)72-39)23(59)14(5-48)71-38(20)76-32-17(8-51)74-41(75-31-16(7-50)70-37(67)27(63)26(31)62)30(66)36(32)80-43(42(68)69)2-11(54)19(45-18(56)9-52)34(79-43)21(57)12(55)3-46/h11-17,19-41,46-52,54-55,57-67H,2-9H2,1H3,(H,44,53)(H,45,56)(H,68,69)/t11-,12+,13+,14+,15+,16+,17+,19+,20+,21+,22-,23-,24-,25-,26+,27+,28+,29+,30+,31+,32-,33+,34+,35-,36+,37+,38-,39+,40-,41-,43-/m0/s1. The summed E-state index contributed by atoms with van der Waals surface area (Å²) in [5, 5.41) is 229. The second-order valence-electron chi connectivity index (χ2n) is 19.7. The third kappa shape index (κ3) is 14.0. The summed E-state index contributed by atoms with van der Waals surface area (Å²) in [4.78, 5) is 39.0. The average molecular weight is 1180 g/mol. The monoisotopic (exact) mass is 1180 g/mol. The second kappa shape index (κ2) is 28.4. The average Bonchev–Trinajstić information content (AvgIpc) is 3.53. The Labute approximate surface area is 451 Å². The zero-order valence-electron chi connectivity index (χ0n) is 42.1. The molecule has 0 radical (unpaired) electrons. The van der Waals surface area contributed by atoms with E-state index in [-0.39, 0.29) is 0 Å². The lowest BCUT2D eigenvalue weighted by Gasteiger charge is -2.53. The minimum Gasteiger partial charge on any atom is -0.477 e. The van der Waals surface area contributed by atoms with Crippen LogP contribution in [0, 0.1) is 0 Å². The van der Waals surface area contributed by atoms with Crippen LogP contribution in [0.2, 0.25) is 0 Å². The molecule has 0 aromatic rings. The van der Waals surface area contributed by atoms with Gasteiger partial charge in [0.25, 0.3) is 5.79 Å². The van der Waals surface area contributed by atoms with Gasteiger partial charge >= 0.3 is 5.97 Å². The molecule has 6 saturated heterocycles. The van der Waals surface area contributed by atoms with Gasteiger partial charge in [-0.05, 0) is 0 Å². The molecule has 464 valence electrons. The van der Waals surface area contributed by atoms with Crippen molar-refractivity contribution < 1.29 is 174 Å². The molecule has 6 heterocycles. The number of aliphatic hydroxyl groups is 20. The summed E-state index contributed by atoms with van der Waals surface area (Å²) < 4.78 is 63.1. The summed E-state index contributed by atoms with van der Waals surface area (Å²) in [5.74, 6) is -7.92. The van der Waals surface area contributed by atoms with Crippen molar-refractivity contribution in [1.82, 2.24) is 10.6 Å². The molecule has 37 nitrogen and oxygen atoms in total. The number of hydrogen-bond donors (Lipinski definition) is 23. The number of ether oxygens (including phenoxy) is 11. The van der Waals surface area contributed by atoms with E-state index in [9.17, 15) is 122 Å². The first-order valence-corrected chi connectivity index (χ1v) is 24.9. The van der Waals surface area contributed by atoms with E-state index >= 15 is 0 Å². The Hall–Kier alpha value is -2.83. The van der Waals surface area contributed by atoms with E-state index in [1.54, 1.807) is 0 Å². The van der Waals surface area contributed by atoms with Gasteiger partial charge in [-0.3, -0.25) is 9.59 Å². The van der Waals surface area contributed by atoms with Gasteiger partial charge < -0.3 is 170 Å². The van der Waals surface area contributed by atoms with Crippen LogP contribution in [0.5, 0.6) is 0 Å². The lowest BCUT2D eigenvalue weighted by atomic mass is 9.88. The number of carbonyl (C=O) groups excluding carboxylic acids is 2. The Bertz CT molecular complexity index is 1990. The van der Waals surface area contributed by atoms with Crippen molar-refractivity contribution in [2.75, 3.05) is 46.2 Å². The number of amides is 2. The maximum absolute atomic E-state index is 13.5. The third-order valence-corrected chi connectivity index (χ3v) is 14.3. The predicted octanol–water partition coefficient (Wildman–Crippen LogP) is -15.6. The lowest BCUT2D eigenvalue weighted by molar-refractivity contribution is -0.403. The smallest absolute Gasteiger partial charge is 0.364 e. The van der Waals surface area contributed by atoms with Gasteiger partial charge in [0.05, 0.1) is 51.8 Å². The molecule has 0 saturated carbocycles. The van der Waals surface area contributed by atoms with E-state index in [1.165, 1.54) is 0 Å². The third-order valence-electron chi connectivity index (χ3n) is 14.3. The highest BCUT2D eigenvalue weighted by Gasteiger charge is 2.62. The molecule has 0 aromatic carbocycles. The molecule has 0 aliphatic carbocycles. The Morgan fingerprint density at radius 2 is 0.988 bits per heavy atom. The van der Waals surface area contributed by atoms with Crippen LogP contribution < -0.4 is 10.6 Å². The van der Waals surface area contributed by atoms with Crippen LogP contribution in [0.15, 0.2) is 0 Å². The quantitative estimate of drug-likeness (QED) is 0.0479. The van der Waals surface area contributed by atoms with Crippen molar-refractivity contribution in [2.45, 2.75) is 203 Å². The van der Waals surface area contributed by atoms with Crippen molar-refractivity contribution in [1.29, 1.82) is 0 Å². The predicted molar refractivity (Wildman–Crippen MR) is 241 cm³/mol. The normalized spacial score (nSPS) is 47.2. The van der Waals surface area contributed by atoms with E-state index in [4.69, 9.17) is 52.1 Å². The topological polar surface area (TPSA) is 602 Å². The zero-order chi connectivity index (χ0) is 59.4. The van der Waals surface area contributed by atoms with Gasteiger partial charge in [-0.2, -0.15) is 0 Å². The van der Waals surface area contributed by atoms with Crippen LogP contribution >= 0.6 is 0 Å². The molecule has 37 heteroatoms. The molecule has 23 N–H and O–H groups in total. The molecule has 6 rings (SSSR count). The van der Waals surface area contributed by atoms with Crippen LogP contribution in [0.3, 0.4) is 0 Å². The van der Waals surface area contributed by atoms with Gasteiger partial charge in [0.1, 0.15) is 147 Å². The van der Waals surface area contributed by atoms with Crippen LogP contribution in [-0.4, -0.2) is 361 Å². The van der Waals surface area contributed by atoms with E-state index in [1.807, 2.05) is 0 Å². The Morgan fingerprint density at radius 3 is 1.52 bits per heavy atom. The number of rotatable bonds is 22. The highest BCUT2D eigenvalue weighted by atomic mass is 16.8. The number of aliphatic hydroxyl groups excluding tert-OH is 20. The highest BCUT2D eigenvalue weighted by Crippen LogP contribution is 2.41. The Kier molecular flexibility index (Phi) is 23.5. The number of hydrogen-bond acceptors (Lipinski definition) is 34. The van der Waals surface area contributed by atoms with E-state index in [0.29, 0.717) is 0 Å². The van der Waals surface area contributed by atoms with Gasteiger partial charge in [-0.15, -0.1) is 0 Å². The number of aliphatic carboxylic acids is 1. The zero-order valence-corrected chi connectivity index (χ0v) is 42.1. The summed E-state index contributed by atoms with van der Waals surface area (Å²) in [6.07, 6.45) is -61.0. The van der Waals surface area contributed by atoms with Crippen LogP contribution in [-0.2, 0) is 66.5 Å². The molecule has 6 aliphatic rings. The number of nitrogens with one attached hydrogen (secondary N) is 2. The van der Waals surface area contributed by atoms with Crippen molar-refractivity contribution >= 4 is 17.8 Å². The fraction of sp³-hybridized carbons (Fsp3) is 0.930. The fourth-order valence-electron chi connectivity index (χ4n) is 10.0. The van der Waals surface area contributed by atoms with E-state index < -0.39 is 260 Å². The minimum absolute atomic E-state index is 0.904. The first kappa shape index (κ1) is 66.3. The largest absolute Gasteiger partial charge is 0.477 e. The van der Waals surface area contributed by atoms with Crippen molar-refractivity contribution in [3.63, 3.8) is 0 Å². The van der Waals surface area contributed by atoms with E-state index in [2.05, 4.69) is 10.6 Å². The second-order valence-corrected chi connectivity index (χ2v) is 19.7. The van der Waals surface area contributed by atoms with Crippen molar-refractivity contribution in [2.24, 2.45) is 0 Å². The first-order chi connectivity index (χ1) is 37.8. The van der Waals surface area contributed by atoms with Gasteiger partial charge in [0.2, 0.25) is 11.8 Å². The minimum atomic E-state index is -3.45. The van der Waals surface area contributed by atoms with Gasteiger partial charge in [0, 0.05) is 13.3 Å². The molecule has 31 atom stereocenters. The molecule has 2 amide bonds. The molecule has 0 aromatic heterocycles. The fourth-order valence-corrected chi connectivity index (χ4v) is 10.0. The molecule has 80 heavy (non-hydrogen) atoms. The molecular formula is C43H72N2O35. The highest BCUT2D eigenvalue weighted by molar-refractivity contribution is 5.78. The molecule has 6 aliphatic heterocycles. The van der Waals surface area contributed by atoms with Gasteiger partial charge in [0.15, 0.2) is 31.5 Å². The Balaban J connectivity index is 1.41. The number of carboxylic acids is 1. The lowest BCUT2D eigenvalue weighted by Crippen LogP contribution is -2.72. The van der Waals surface area contributed by atoms with Crippen molar-refractivity contribution in [3.8, 4) is 0 Å². The maximum atomic E-state index is 13.5. The first-order valence-electron chi connectivity index (χ1n) is 24.9.